The third-order valence-corrected chi connectivity index (χ3v) is 3.81. The van der Waals surface area contributed by atoms with E-state index in [1.165, 1.54) is 0 Å². The number of anilines is 1. The molecule has 6 nitrogen and oxygen atoms in total. The van der Waals surface area contributed by atoms with Gasteiger partial charge in [0.05, 0.1) is 6.20 Å². The zero-order chi connectivity index (χ0) is 13.1. The summed E-state index contributed by atoms with van der Waals surface area (Å²) in [6, 6.07) is 0. The summed E-state index contributed by atoms with van der Waals surface area (Å²) < 4.78 is 0. The molecule has 0 amide bonds. The topological polar surface area (TPSA) is 69.7 Å². The zero-order valence-electron chi connectivity index (χ0n) is 10.6. The van der Waals surface area contributed by atoms with E-state index in [4.69, 9.17) is 0 Å². The normalized spacial score (nSPS) is 15.9. The molecule has 2 aromatic rings. The first-order chi connectivity index (χ1) is 9.36. The molecule has 1 aliphatic rings. The van der Waals surface area contributed by atoms with Crippen LogP contribution in [0, 0.1) is 0 Å². The number of aromatic amines is 1. The predicted molar refractivity (Wildman–Crippen MR) is 77.7 cm³/mol. The van der Waals surface area contributed by atoms with Crippen molar-refractivity contribution in [2.75, 3.05) is 36.8 Å². The van der Waals surface area contributed by atoms with Crippen molar-refractivity contribution in [2.45, 2.75) is 5.16 Å². The van der Waals surface area contributed by atoms with E-state index in [0.717, 1.165) is 54.2 Å². The minimum atomic E-state index is 0.732. The van der Waals surface area contributed by atoms with Crippen LogP contribution in [-0.2, 0) is 0 Å². The molecule has 3 rings (SSSR count). The van der Waals surface area contributed by atoms with Gasteiger partial charge in [-0.05, 0) is 0 Å². The third kappa shape index (κ3) is 2.71. The Balaban J connectivity index is 1.85. The highest BCUT2D eigenvalue weighted by molar-refractivity contribution is 7.99. The summed E-state index contributed by atoms with van der Waals surface area (Å²) in [7, 11) is 0. The van der Waals surface area contributed by atoms with Crippen molar-refractivity contribution in [2.24, 2.45) is 0 Å². The molecular weight excluding hydrogens is 260 g/mol. The standard InChI is InChI=1S/C12H16N6S/c1-2-7-19-12-14-8-9-10(17-12)16-11(15-9)18-5-3-13-4-6-18/h2,8,13H,1,3-7H2,(H,14,15,16,17). The number of H-pyrrole nitrogens is 1. The summed E-state index contributed by atoms with van der Waals surface area (Å²) >= 11 is 1.56. The van der Waals surface area contributed by atoms with E-state index in [0.29, 0.717) is 0 Å². The fraction of sp³-hybridized carbons (Fsp3) is 0.417. The van der Waals surface area contributed by atoms with Gasteiger partial charge in [-0.2, -0.15) is 4.98 Å². The van der Waals surface area contributed by atoms with Crippen LogP contribution in [-0.4, -0.2) is 51.9 Å². The van der Waals surface area contributed by atoms with E-state index in [-0.39, 0.29) is 0 Å². The van der Waals surface area contributed by atoms with Crippen molar-refractivity contribution in [3.63, 3.8) is 0 Å². The number of thioether (sulfide) groups is 1. The van der Waals surface area contributed by atoms with Crippen LogP contribution in [0.5, 0.6) is 0 Å². The number of aromatic nitrogens is 4. The van der Waals surface area contributed by atoms with E-state index in [9.17, 15) is 0 Å². The van der Waals surface area contributed by atoms with Crippen molar-refractivity contribution >= 4 is 28.9 Å². The van der Waals surface area contributed by atoms with E-state index >= 15 is 0 Å². The van der Waals surface area contributed by atoms with Crippen molar-refractivity contribution in [1.82, 2.24) is 25.3 Å². The fourth-order valence-electron chi connectivity index (χ4n) is 2.01. The monoisotopic (exact) mass is 276 g/mol. The van der Waals surface area contributed by atoms with Crippen LogP contribution in [0.3, 0.4) is 0 Å². The fourth-order valence-corrected chi connectivity index (χ4v) is 2.55. The lowest BCUT2D eigenvalue weighted by molar-refractivity contribution is 0.582. The average molecular weight is 276 g/mol. The van der Waals surface area contributed by atoms with Crippen molar-refractivity contribution in [3.05, 3.63) is 18.9 Å². The Morgan fingerprint density at radius 3 is 3.00 bits per heavy atom. The Hall–Kier alpha value is -1.60. The Labute approximate surface area is 115 Å². The quantitative estimate of drug-likeness (QED) is 0.494. The van der Waals surface area contributed by atoms with Gasteiger partial charge >= 0.3 is 0 Å². The highest BCUT2D eigenvalue weighted by atomic mass is 32.2. The van der Waals surface area contributed by atoms with E-state index < -0.39 is 0 Å². The van der Waals surface area contributed by atoms with Gasteiger partial charge in [-0.1, -0.05) is 17.8 Å². The molecule has 0 atom stereocenters. The number of fused-ring (bicyclic) bond motifs is 1. The second kappa shape index (κ2) is 5.58. The number of rotatable bonds is 4. The highest BCUT2D eigenvalue weighted by Gasteiger charge is 2.15. The Kier molecular flexibility index (Phi) is 3.65. The molecule has 1 fully saturated rings. The lowest BCUT2D eigenvalue weighted by atomic mass is 10.4. The molecular formula is C12H16N6S. The Morgan fingerprint density at radius 2 is 2.21 bits per heavy atom. The smallest absolute Gasteiger partial charge is 0.205 e. The van der Waals surface area contributed by atoms with Crippen LogP contribution >= 0.6 is 11.8 Å². The lowest BCUT2D eigenvalue weighted by Gasteiger charge is -2.26. The second-order valence-electron chi connectivity index (χ2n) is 4.29. The van der Waals surface area contributed by atoms with Gasteiger partial charge in [0.25, 0.3) is 0 Å². The van der Waals surface area contributed by atoms with Gasteiger partial charge in [0.1, 0.15) is 5.52 Å². The van der Waals surface area contributed by atoms with Crippen LogP contribution in [0.25, 0.3) is 11.2 Å². The zero-order valence-corrected chi connectivity index (χ0v) is 11.4. The first kappa shape index (κ1) is 12.4. The van der Waals surface area contributed by atoms with Crippen LogP contribution in [0.4, 0.5) is 5.95 Å². The number of hydrogen-bond acceptors (Lipinski definition) is 6. The molecule has 100 valence electrons. The average Bonchev–Trinajstić information content (AvgIpc) is 2.89. The van der Waals surface area contributed by atoms with Gasteiger partial charge in [-0.3, -0.25) is 0 Å². The third-order valence-electron chi connectivity index (χ3n) is 2.95. The van der Waals surface area contributed by atoms with Crippen LogP contribution in [0.1, 0.15) is 0 Å². The van der Waals surface area contributed by atoms with Crippen LogP contribution in [0.2, 0.25) is 0 Å². The Bertz CT molecular complexity index is 575. The minimum Gasteiger partial charge on any atom is -0.340 e. The molecule has 19 heavy (non-hydrogen) atoms. The molecule has 0 bridgehead atoms. The highest BCUT2D eigenvalue weighted by Crippen LogP contribution is 2.19. The molecule has 0 radical (unpaired) electrons. The summed E-state index contributed by atoms with van der Waals surface area (Å²) in [6.07, 6.45) is 3.64. The molecule has 1 saturated heterocycles. The lowest BCUT2D eigenvalue weighted by Crippen LogP contribution is -2.44. The first-order valence-corrected chi connectivity index (χ1v) is 7.27. The summed E-state index contributed by atoms with van der Waals surface area (Å²) in [6.45, 7) is 7.60. The minimum absolute atomic E-state index is 0.732. The molecule has 2 N–H and O–H groups in total. The molecule has 3 heterocycles. The van der Waals surface area contributed by atoms with Crippen molar-refractivity contribution in [3.8, 4) is 0 Å². The summed E-state index contributed by atoms with van der Waals surface area (Å²) in [5.74, 6) is 1.69. The number of hydrogen-bond donors (Lipinski definition) is 2. The predicted octanol–water partition coefficient (Wildman–Crippen LogP) is 1.04. The van der Waals surface area contributed by atoms with Gasteiger partial charge in [0.2, 0.25) is 5.95 Å². The molecule has 2 aromatic heterocycles. The van der Waals surface area contributed by atoms with E-state index in [1.807, 2.05) is 6.08 Å². The Morgan fingerprint density at radius 1 is 1.37 bits per heavy atom. The maximum Gasteiger partial charge on any atom is 0.205 e. The van der Waals surface area contributed by atoms with E-state index in [2.05, 4.69) is 36.7 Å². The molecule has 0 saturated carbocycles. The summed E-state index contributed by atoms with van der Waals surface area (Å²) in [5.41, 5.74) is 1.62. The van der Waals surface area contributed by atoms with Crippen molar-refractivity contribution in [1.29, 1.82) is 0 Å². The maximum atomic E-state index is 4.56. The first-order valence-electron chi connectivity index (χ1n) is 6.29. The van der Waals surface area contributed by atoms with Crippen molar-refractivity contribution < 1.29 is 0 Å². The second-order valence-corrected chi connectivity index (χ2v) is 5.27. The number of nitrogens with zero attached hydrogens (tertiary/aromatic N) is 4. The molecule has 0 aliphatic carbocycles. The molecule has 0 aromatic carbocycles. The van der Waals surface area contributed by atoms with Gasteiger partial charge in [-0.25, -0.2) is 9.97 Å². The van der Waals surface area contributed by atoms with E-state index in [1.54, 1.807) is 18.0 Å². The number of piperazine rings is 1. The van der Waals surface area contributed by atoms with Gasteiger partial charge in [-0.15, -0.1) is 6.58 Å². The maximum absolute atomic E-state index is 4.56. The van der Waals surface area contributed by atoms with Gasteiger partial charge in [0, 0.05) is 31.9 Å². The molecule has 7 heteroatoms. The molecule has 1 aliphatic heterocycles. The largest absolute Gasteiger partial charge is 0.340 e. The molecule has 0 unspecified atom stereocenters. The summed E-state index contributed by atoms with van der Waals surface area (Å²) in [4.78, 5) is 18.8. The SMILES string of the molecule is C=CCSc1ncc2[nH]c(N3CCNCC3)nc2n1. The number of nitrogens with one attached hydrogen (secondary N) is 2. The van der Waals surface area contributed by atoms with Crippen LogP contribution in [0.15, 0.2) is 24.0 Å². The van der Waals surface area contributed by atoms with Gasteiger partial charge in [0.15, 0.2) is 10.8 Å². The summed E-state index contributed by atoms with van der Waals surface area (Å²) in [5, 5.41) is 4.07. The van der Waals surface area contributed by atoms with Gasteiger partial charge < -0.3 is 15.2 Å². The number of imidazole rings is 1. The molecule has 0 spiro atoms. The van der Waals surface area contributed by atoms with Crippen LogP contribution < -0.4 is 10.2 Å².